The Kier molecular flexibility index (Phi) is 8.21. The van der Waals surface area contributed by atoms with E-state index in [2.05, 4.69) is 30.6 Å². The summed E-state index contributed by atoms with van der Waals surface area (Å²) in [6.07, 6.45) is 0.740. The van der Waals surface area contributed by atoms with E-state index in [4.69, 9.17) is 19.3 Å². The molecule has 4 N–H and O–H groups in total. The minimum atomic E-state index is -0.862. The van der Waals surface area contributed by atoms with E-state index in [-0.39, 0.29) is 31.5 Å². The van der Waals surface area contributed by atoms with Crippen LogP contribution in [0.5, 0.6) is 0 Å². The Bertz CT molecular complexity index is 1160. The first-order valence-corrected chi connectivity index (χ1v) is 11.5. The molecule has 0 unspecified atom stereocenters. The van der Waals surface area contributed by atoms with Gasteiger partial charge in [0, 0.05) is 32.0 Å². The lowest BCUT2D eigenvalue weighted by molar-refractivity contribution is -0.231. The largest absolute Gasteiger partial charge is 0.395 e. The van der Waals surface area contributed by atoms with Crippen molar-refractivity contribution in [3.05, 3.63) is 48.2 Å². The molecule has 0 atom stereocenters. The molecule has 12 heteroatoms. The van der Waals surface area contributed by atoms with Crippen molar-refractivity contribution in [3.8, 4) is 22.6 Å². The number of rotatable bonds is 10. The molecule has 1 saturated heterocycles. The number of halogens is 1. The summed E-state index contributed by atoms with van der Waals surface area (Å²) in [6.45, 7) is 3.05. The summed E-state index contributed by atoms with van der Waals surface area (Å²) in [7, 11) is 1.57. The summed E-state index contributed by atoms with van der Waals surface area (Å²) in [6, 6.07) is 7.65. The smallest absolute Gasteiger partial charge is 0.230 e. The number of nitrogens with zero attached hydrogens (tertiary/aromatic N) is 3. The number of carbonyl (C=O) groups is 1. The van der Waals surface area contributed by atoms with E-state index < -0.39 is 11.7 Å². The number of carbonyl (C=O) groups excluding carboxylic acids is 1. The molecule has 36 heavy (non-hydrogen) atoms. The van der Waals surface area contributed by atoms with Crippen molar-refractivity contribution in [2.24, 2.45) is 5.41 Å². The highest BCUT2D eigenvalue weighted by Gasteiger charge is 2.40. The number of hydrogen-bond acceptors (Lipinski definition) is 9. The highest BCUT2D eigenvalue weighted by Crippen LogP contribution is 2.35. The third-order valence-corrected chi connectivity index (χ3v) is 5.62. The minimum absolute atomic E-state index is 0.0672. The van der Waals surface area contributed by atoms with Crippen molar-refractivity contribution in [1.82, 2.24) is 25.3 Å². The fourth-order valence-electron chi connectivity index (χ4n) is 3.63. The van der Waals surface area contributed by atoms with Crippen molar-refractivity contribution in [2.45, 2.75) is 13.2 Å². The topological polar surface area (TPSA) is 144 Å². The van der Waals surface area contributed by atoms with Crippen LogP contribution in [0, 0.1) is 11.2 Å². The molecule has 0 saturated carbocycles. The SMILES string of the molecule is COCCNC(=O)C1(C)COC(c2nc(-c3ccc(F)cc3)c(-c3ccnc(NCCO)n3)[nH]2)OC1. The first-order valence-electron chi connectivity index (χ1n) is 11.5. The Morgan fingerprint density at radius 2 is 1.97 bits per heavy atom. The fraction of sp³-hybridized carbons (Fsp3) is 0.417. The lowest BCUT2D eigenvalue weighted by Gasteiger charge is -2.35. The third-order valence-electron chi connectivity index (χ3n) is 5.62. The first kappa shape index (κ1) is 25.6. The Hall–Kier alpha value is -3.45. The lowest BCUT2D eigenvalue weighted by atomic mass is 9.91. The average molecular weight is 501 g/mol. The van der Waals surface area contributed by atoms with Crippen LogP contribution in [0.2, 0.25) is 0 Å². The van der Waals surface area contributed by atoms with Gasteiger partial charge in [-0.25, -0.2) is 19.3 Å². The summed E-state index contributed by atoms with van der Waals surface area (Å²) in [5, 5.41) is 14.8. The zero-order valence-electron chi connectivity index (χ0n) is 20.1. The summed E-state index contributed by atoms with van der Waals surface area (Å²) >= 11 is 0. The maximum atomic E-state index is 13.6. The maximum Gasteiger partial charge on any atom is 0.230 e. The van der Waals surface area contributed by atoms with E-state index in [9.17, 15) is 9.18 Å². The van der Waals surface area contributed by atoms with Crippen molar-refractivity contribution < 1.29 is 28.5 Å². The van der Waals surface area contributed by atoms with Gasteiger partial charge >= 0.3 is 0 Å². The van der Waals surface area contributed by atoms with E-state index >= 15 is 0 Å². The van der Waals surface area contributed by atoms with Gasteiger partial charge < -0.3 is 34.9 Å². The summed E-state index contributed by atoms with van der Waals surface area (Å²) in [5.74, 6) is 0.169. The van der Waals surface area contributed by atoms with Crippen LogP contribution in [0.3, 0.4) is 0 Å². The van der Waals surface area contributed by atoms with E-state index in [1.165, 1.54) is 12.1 Å². The molecule has 192 valence electrons. The molecule has 11 nitrogen and oxygen atoms in total. The van der Waals surface area contributed by atoms with E-state index in [1.54, 1.807) is 38.4 Å². The predicted octanol–water partition coefficient (Wildman–Crippen LogP) is 1.89. The van der Waals surface area contributed by atoms with Gasteiger partial charge in [0.15, 0.2) is 5.82 Å². The number of benzene rings is 1. The monoisotopic (exact) mass is 500 g/mol. The van der Waals surface area contributed by atoms with Crippen molar-refractivity contribution in [3.63, 3.8) is 0 Å². The van der Waals surface area contributed by atoms with Crippen molar-refractivity contribution >= 4 is 11.9 Å². The third kappa shape index (κ3) is 5.85. The van der Waals surface area contributed by atoms with Gasteiger partial charge in [-0.05, 0) is 37.3 Å². The number of aliphatic hydroxyl groups excluding tert-OH is 1. The quantitative estimate of drug-likeness (QED) is 0.307. The average Bonchev–Trinajstić information content (AvgIpc) is 3.34. The van der Waals surface area contributed by atoms with Crippen LogP contribution >= 0.6 is 0 Å². The van der Waals surface area contributed by atoms with Crippen molar-refractivity contribution in [1.29, 1.82) is 0 Å². The molecule has 0 aliphatic carbocycles. The molecule has 1 aliphatic rings. The Balaban J connectivity index is 1.59. The molecule has 1 fully saturated rings. The van der Waals surface area contributed by atoms with Gasteiger partial charge in [-0.1, -0.05) is 0 Å². The van der Waals surface area contributed by atoms with Crippen LogP contribution in [-0.4, -0.2) is 77.6 Å². The van der Waals surface area contributed by atoms with E-state index in [1.807, 2.05) is 0 Å². The van der Waals surface area contributed by atoms with Crippen LogP contribution in [-0.2, 0) is 19.0 Å². The molecule has 1 aromatic carbocycles. The van der Waals surface area contributed by atoms with Gasteiger partial charge in [-0.2, -0.15) is 0 Å². The predicted molar refractivity (Wildman–Crippen MR) is 128 cm³/mol. The standard InChI is InChI=1S/C24H29FN6O5/c1-24(22(33)26-10-12-34-2)13-35-21(36-14-24)20-30-18(15-3-5-16(25)6-4-15)19(31-20)17-7-8-27-23(29-17)28-9-11-32/h3-8,21,32H,9-14H2,1-2H3,(H,26,33)(H,30,31)(H,27,28,29). The van der Waals surface area contributed by atoms with Gasteiger partial charge in [0.25, 0.3) is 0 Å². The second-order valence-electron chi connectivity index (χ2n) is 8.53. The molecule has 0 radical (unpaired) electrons. The van der Waals surface area contributed by atoms with E-state index in [0.29, 0.717) is 54.1 Å². The number of methoxy groups -OCH3 is 1. The number of amides is 1. The fourth-order valence-corrected chi connectivity index (χ4v) is 3.63. The number of ether oxygens (including phenoxy) is 3. The van der Waals surface area contributed by atoms with Gasteiger partial charge in [-0.15, -0.1) is 0 Å². The number of hydrogen-bond donors (Lipinski definition) is 4. The van der Waals surface area contributed by atoms with Gasteiger partial charge in [0.2, 0.25) is 18.1 Å². The zero-order valence-corrected chi connectivity index (χ0v) is 20.1. The normalized spacial score (nSPS) is 19.7. The van der Waals surface area contributed by atoms with Crippen LogP contribution in [0.1, 0.15) is 19.0 Å². The minimum Gasteiger partial charge on any atom is -0.395 e. The van der Waals surface area contributed by atoms with E-state index in [0.717, 1.165) is 0 Å². The molecular formula is C24H29FN6O5. The number of anilines is 1. The van der Waals surface area contributed by atoms with Gasteiger partial charge in [0.05, 0.1) is 48.9 Å². The molecule has 0 spiro atoms. The Morgan fingerprint density at radius 1 is 1.22 bits per heavy atom. The van der Waals surface area contributed by atoms with Crippen LogP contribution in [0.15, 0.2) is 36.5 Å². The first-order chi connectivity index (χ1) is 17.4. The molecule has 3 aromatic rings. The Morgan fingerprint density at radius 3 is 2.67 bits per heavy atom. The van der Waals surface area contributed by atoms with Gasteiger partial charge in [0.1, 0.15) is 5.82 Å². The van der Waals surface area contributed by atoms with Crippen LogP contribution in [0.4, 0.5) is 10.3 Å². The second kappa shape index (κ2) is 11.5. The molecule has 4 rings (SSSR count). The number of aromatic amines is 1. The molecule has 3 heterocycles. The summed E-state index contributed by atoms with van der Waals surface area (Å²) < 4.78 is 30.3. The number of nitrogens with one attached hydrogen (secondary N) is 3. The van der Waals surface area contributed by atoms with Crippen LogP contribution in [0.25, 0.3) is 22.6 Å². The number of imidazole rings is 1. The molecular weight excluding hydrogens is 471 g/mol. The highest BCUT2D eigenvalue weighted by atomic mass is 19.1. The number of aliphatic hydroxyl groups is 1. The molecule has 2 aromatic heterocycles. The number of H-pyrrole nitrogens is 1. The molecule has 1 aliphatic heterocycles. The second-order valence-corrected chi connectivity index (χ2v) is 8.53. The maximum absolute atomic E-state index is 13.6. The molecule has 0 bridgehead atoms. The van der Waals surface area contributed by atoms with Crippen LogP contribution < -0.4 is 10.6 Å². The Labute approximate surface area is 207 Å². The summed E-state index contributed by atoms with van der Waals surface area (Å²) in [5.41, 5.74) is 1.41. The highest BCUT2D eigenvalue weighted by molar-refractivity contribution is 5.82. The lowest BCUT2D eigenvalue weighted by Crippen LogP contribution is -2.49. The number of aromatic nitrogens is 4. The molecule has 1 amide bonds. The van der Waals surface area contributed by atoms with Crippen molar-refractivity contribution in [2.75, 3.05) is 51.9 Å². The summed E-state index contributed by atoms with van der Waals surface area (Å²) in [4.78, 5) is 29.2. The zero-order chi connectivity index (χ0) is 25.5. The van der Waals surface area contributed by atoms with Gasteiger partial charge in [-0.3, -0.25) is 4.79 Å².